The molecule has 0 aliphatic rings. The Morgan fingerprint density at radius 1 is 0.255 bits per heavy atom. The van der Waals surface area contributed by atoms with E-state index in [1.807, 2.05) is 11.3 Å². The zero-order valence-electron chi connectivity index (χ0n) is 27.7. The van der Waals surface area contributed by atoms with Crippen molar-refractivity contribution in [1.82, 2.24) is 0 Å². The fourth-order valence-corrected chi connectivity index (χ4v) is 9.62. The van der Waals surface area contributed by atoms with Gasteiger partial charge in [-0.3, -0.25) is 0 Å². The van der Waals surface area contributed by atoms with Crippen molar-refractivity contribution in [2.75, 3.05) is 0 Å². The maximum absolute atomic E-state index is 2.36. The quantitative estimate of drug-likeness (QED) is 0.165. The molecule has 0 bridgehead atoms. The third-order valence-electron chi connectivity index (χ3n) is 10.8. The molecule has 10 aromatic carbocycles. The molecule has 0 aliphatic carbocycles. The zero-order chi connectivity index (χ0) is 33.5. The third kappa shape index (κ3) is 4.45. The number of fused-ring (bicyclic) bond motifs is 9. The molecule has 0 saturated heterocycles. The summed E-state index contributed by atoms with van der Waals surface area (Å²) in [6.07, 6.45) is 0. The van der Waals surface area contributed by atoms with Crippen LogP contribution in [0.4, 0.5) is 0 Å². The van der Waals surface area contributed by atoms with E-state index in [2.05, 4.69) is 182 Å². The van der Waals surface area contributed by atoms with E-state index in [-0.39, 0.29) is 0 Å². The Hall–Kier alpha value is -6.28. The molecule has 0 amide bonds. The van der Waals surface area contributed by atoms with E-state index in [4.69, 9.17) is 0 Å². The molecule has 11 rings (SSSR count). The van der Waals surface area contributed by atoms with Crippen LogP contribution < -0.4 is 0 Å². The highest BCUT2D eigenvalue weighted by atomic mass is 32.1. The first-order valence-electron chi connectivity index (χ1n) is 17.6. The number of hydrogen-bond donors (Lipinski definition) is 0. The van der Waals surface area contributed by atoms with E-state index in [9.17, 15) is 0 Å². The van der Waals surface area contributed by atoms with Gasteiger partial charge in [-0.05, 0) is 112 Å². The topological polar surface area (TPSA) is 0 Å². The summed E-state index contributed by atoms with van der Waals surface area (Å²) in [4.78, 5) is 0. The van der Waals surface area contributed by atoms with Gasteiger partial charge in [0.15, 0.2) is 0 Å². The minimum Gasteiger partial charge on any atom is -0.135 e. The maximum Gasteiger partial charge on any atom is 0.0433 e. The minimum absolute atomic E-state index is 1.23. The van der Waals surface area contributed by atoms with Crippen molar-refractivity contribution in [2.24, 2.45) is 0 Å². The molecule has 0 fully saturated rings. The lowest BCUT2D eigenvalue weighted by Gasteiger charge is -2.18. The van der Waals surface area contributed by atoms with Gasteiger partial charge in [0.1, 0.15) is 0 Å². The molecule has 0 spiro atoms. The van der Waals surface area contributed by atoms with E-state index in [1.54, 1.807) is 0 Å². The molecule has 11 aromatic rings. The first-order chi connectivity index (χ1) is 25.3. The van der Waals surface area contributed by atoms with Crippen LogP contribution in [-0.4, -0.2) is 0 Å². The summed E-state index contributed by atoms with van der Waals surface area (Å²) in [6.45, 7) is 0. The van der Waals surface area contributed by atoms with Crippen molar-refractivity contribution < 1.29 is 0 Å². The highest BCUT2D eigenvalue weighted by Crippen LogP contribution is 2.45. The molecule has 0 radical (unpaired) electrons. The van der Waals surface area contributed by atoms with Gasteiger partial charge < -0.3 is 0 Å². The molecule has 1 aromatic heterocycles. The van der Waals surface area contributed by atoms with Gasteiger partial charge in [0.05, 0.1) is 0 Å². The number of rotatable bonds is 3. The second-order valence-corrected chi connectivity index (χ2v) is 14.7. The van der Waals surface area contributed by atoms with Crippen LogP contribution in [0.3, 0.4) is 0 Å². The number of benzene rings is 10. The van der Waals surface area contributed by atoms with E-state index in [1.165, 1.54) is 107 Å². The molecule has 1 heteroatoms. The van der Waals surface area contributed by atoms with Gasteiger partial charge >= 0.3 is 0 Å². The minimum atomic E-state index is 1.23. The molecular formula is C50H30S. The van der Waals surface area contributed by atoms with Crippen molar-refractivity contribution in [3.63, 3.8) is 0 Å². The summed E-state index contributed by atoms with van der Waals surface area (Å²) >= 11 is 1.91. The standard InChI is InChI=1S/C50H30S/c1-2-10-34-28-39(22-19-31(34)9-1)49-43-15-7-5-13-41(43)48(42-14-6-8-16-44(42)49)33-20-17-32(18-21-33)37-23-25-40-38(27-37)24-26-45-46-29-35-11-3-4-12-36(35)30-47(46)51-50(40)45/h1-30H. The summed E-state index contributed by atoms with van der Waals surface area (Å²) in [5.41, 5.74) is 7.53. The number of hydrogen-bond acceptors (Lipinski definition) is 1. The second-order valence-electron chi connectivity index (χ2n) is 13.7. The summed E-state index contributed by atoms with van der Waals surface area (Å²) in [7, 11) is 0. The van der Waals surface area contributed by atoms with E-state index in [0.717, 1.165) is 0 Å². The molecule has 0 saturated carbocycles. The molecule has 0 nitrogen and oxygen atoms in total. The molecule has 0 atom stereocenters. The monoisotopic (exact) mass is 662 g/mol. The first kappa shape index (κ1) is 28.5. The third-order valence-corrected chi connectivity index (χ3v) is 12.0. The fourth-order valence-electron chi connectivity index (χ4n) is 8.35. The fraction of sp³-hybridized carbons (Fsp3) is 0. The summed E-state index contributed by atoms with van der Waals surface area (Å²) in [5.74, 6) is 0. The largest absolute Gasteiger partial charge is 0.135 e. The van der Waals surface area contributed by atoms with Gasteiger partial charge in [0.25, 0.3) is 0 Å². The summed E-state index contributed by atoms with van der Waals surface area (Å²) in [5, 5.41) is 15.5. The van der Waals surface area contributed by atoms with E-state index < -0.39 is 0 Å². The van der Waals surface area contributed by atoms with Gasteiger partial charge in [0, 0.05) is 20.2 Å². The molecule has 51 heavy (non-hydrogen) atoms. The zero-order valence-corrected chi connectivity index (χ0v) is 28.5. The van der Waals surface area contributed by atoms with Crippen molar-refractivity contribution >= 4 is 85.4 Å². The van der Waals surface area contributed by atoms with Crippen molar-refractivity contribution in [1.29, 1.82) is 0 Å². The van der Waals surface area contributed by atoms with Crippen LogP contribution in [0.15, 0.2) is 182 Å². The van der Waals surface area contributed by atoms with Crippen LogP contribution in [-0.2, 0) is 0 Å². The second kappa shape index (κ2) is 11.1. The molecule has 0 unspecified atom stereocenters. The van der Waals surface area contributed by atoms with Gasteiger partial charge in [0.2, 0.25) is 0 Å². The Morgan fingerprint density at radius 3 is 1.41 bits per heavy atom. The van der Waals surface area contributed by atoms with Crippen molar-refractivity contribution in [3.05, 3.63) is 182 Å². The van der Waals surface area contributed by atoms with E-state index >= 15 is 0 Å². The predicted octanol–water partition coefficient (Wildman–Crippen LogP) is 14.8. The van der Waals surface area contributed by atoms with Gasteiger partial charge in [-0.25, -0.2) is 0 Å². The molecular weight excluding hydrogens is 633 g/mol. The highest BCUT2D eigenvalue weighted by Gasteiger charge is 2.17. The summed E-state index contributed by atoms with van der Waals surface area (Å²) < 4.78 is 2.71. The van der Waals surface area contributed by atoms with Crippen molar-refractivity contribution in [2.45, 2.75) is 0 Å². The smallest absolute Gasteiger partial charge is 0.0433 e. The van der Waals surface area contributed by atoms with Gasteiger partial charge in [-0.2, -0.15) is 0 Å². The lowest BCUT2D eigenvalue weighted by molar-refractivity contribution is 1.63. The van der Waals surface area contributed by atoms with Crippen molar-refractivity contribution in [3.8, 4) is 33.4 Å². The van der Waals surface area contributed by atoms with E-state index in [0.29, 0.717) is 0 Å². The Labute approximate surface area is 299 Å². The molecule has 236 valence electrons. The van der Waals surface area contributed by atoms with Crippen LogP contribution >= 0.6 is 11.3 Å². The lowest BCUT2D eigenvalue weighted by Crippen LogP contribution is -1.91. The lowest BCUT2D eigenvalue weighted by atomic mass is 9.85. The SMILES string of the molecule is c1ccc2cc(-c3c4ccccc4c(-c4ccc(-c5ccc6c(ccc7c8cc9ccccc9cc8sc67)c5)cc4)c4ccccc34)ccc2c1. The molecule has 0 aliphatic heterocycles. The number of thiophene rings is 1. The highest BCUT2D eigenvalue weighted by molar-refractivity contribution is 7.26. The average molecular weight is 663 g/mol. The Morgan fingerprint density at radius 2 is 0.725 bits per heavy atom. The Kier molecular flexibility index (Phi) is 6.22. The van der Waals surface area contributed by atoms with Gasteiger partial charge in [-0.1, -0.05) is 158 Å². The van der Waals surface area contributed by atoms with Crippen LogP contribution in [0, 0.1) is 0 Å². The van der Waals surface area contributed by atoms with Crippen LogP contribution in [0.5, 0.6) is 0 Å². The Balaban J connectivity index is 1.03. The normalized spacial score (nSPS) is 11.9. The molecule has 0 N–H and O–H groups in total. The van der Waals surface area contributed by atoms with Crippen LogP contribution in [0.2, 0.25) is 0 Å². The Bertz CT molecular complexity index is 3120. The summed E-state index contributed by atoms with van der Waals surface area (Å²) in [6, 6.07) is 67.5. The first-order valence-corrected chi connectivity index (χ1v) is 18.4. The molecule has 1 heterocycles. The van der Waals surface area contributed by atoms with Crippen LogP contribution in [0.1, 0.15) is 0 Å². The predicted molar refractivity (Wildman–Crippen MR) is 223 cm³/mol. The average Bonchev–Trinajstić information content (AvgIpc) is 3.56. The van der Waals surface area contributed by atoms with Crippen LogP contribution in [0.25, 0.3) is 107 Å². The van der Waals surface area contributed by atoms with Gasteiger partial charge in [-0.15, -0.1) is 11.3 Å². The maximum atomic E-state index is 2.36.